The van der Waals surface area contributed by atoms with Gasteiger partial charge in [-0.2, -0.15) is 5.10 Å². The number of rotatable bonds is 4. The highest BCUT2D eigenvalue weighted by molar-refractivity contribution is 5.97. The number of ether oxygens (including phenoxy) is 2. The van der Waals surface area contributed by atoms with Crippen LogP contribution >= 0.6 is 0 Å². The number of carbonyl (C=O) groups excluding carboxylic acids is 2. The van der Waals surface area contributed by atoms with Gasteiger partial charge in [0.15, 0.2) is 5.69 Å². The molecule has 3 aromatic rings. The summed E-state index contributed by atoms with van der Waals surface area (Å²) in [6, 6.07) is 19.8. The third-order valence-electron chi connectivity index (χ3n) is 3.91. The first-order chi connectivity index (χ1) is 13.8. The summed E-state index contributed by atoms with van der Waals surface area (Å²) in [6.07, 6.45) is -0.586. The Kier molecular flexibility index (Phi) is 5.68. The Balaban J connectivity index is 2.20. The zero-order chi connectivity index (χ0) is 21.0. The first kappa shape index (κ1) is 20.1. The van der Waals surface area contributed by atoms with E-state index < -0.39 is 17.7 Å². The maximum absolute atomic E-state index is 13.1. The molecule has 150 valence electrons. The molecule has 0 unspecified atom stereocenters. The van der Waals surface area contributed by atoms with Crippen LogP contribution in [0, 0.1) is 0 Å². The molecule has 0 aliphatic rings. The predicted octanol–water partition coefficient (Wildman–Crippen LogP) is 4.73. The Bertz CT molecular complexity index is 992. The fourth-order valence-electron chi connectivity index (χ4n) is 2.71. The van der Waals surface area contributed by atoms with Crippen molar-refractivity contribution in [1.29, 1.82) is 0 Å². The SMILES string of the molecule is COC(=O)c1cc(N(C(=O)OC(C)(C)C)c2ccccc2)n(-c2ccccc2)n1. The summed E-state index contributed by atoms with van der Waals surface area (Å²) in [5, 5.41) is 4.37. The van der Waals surface area contributed by atoms with Crippen molar-refractivity contribution in [1.82, 2.24) is 9.78 Å². The fraction of sp³-hybridized carbons (Fsp3) is 0.227. The number of carbonyl (C=O) groups is 2. The Morgan fingerprint density at radius 3 is 2.10 bits per heavy atom. The molecule has 3 rings (SSSR count). The van der Waals surface area contributed by atoms with Crippen molar-refractivity contribution in [3.05, 3.63) is 72.4 Å². The molecule has 0 aliphatic heterocycles. The van der Waals surface area contributed by atoms with Gasteiger partial charge in [-0.25, -0.2) is 19.2 Å². The minimum Gasteiger partial charge on any atom is -0.464 e. The molecule has 0 bridgehead atoms. The standard InChI is InChI=1S/C22H23N3O4/c1-22(2,3)29-21(27)24(16-11-7-5-8-12-16)19-15-18(20(26)28-4)23-25(19)17-13-9-6-10-14-17/h5-15H,1-4H3. The highest BCUT2D eigenvalue weighted by atomic mass is 16.6. The topological polar surface area (TPSA) is 73.7 Å². The van der Waals surface area contributed by atoms with Gasteiger partial charge in [-0.1, -0.05) is 36.4 Å². The minimum atomic E-state index is -0.701. The lowest BCUT2D eigenvalue weighted by atomic mass is 10.2. The molecule has 0 aliphatic carbocycles. The molecule has 0 saturated carbocycles. The van der Waals surface area contributed by atoms with Gasteiger partial charge in [0.25, 0.3) is 0 Å². The number of aromatic nitrogens is 2. The summed E-state index contributed by atoms with van der Waals surface area (Å²) in [4.78, 5) is 26.7. The number of para-hydroxylation sites is 2. The third-order valence-corrected chi connectivity index (χ3v) is 3.91. The second-order valence-corrected chi connectivity index (χ2v) is 7.28. The largest absolute Gasteiger partial charge is 0.464 e. The number of anilines is 2. The van der Waals surface area contributed by atoms with Crippen molar-refractivity contribution in [2.24, 2.45) is 0 Å². The van der Waals surface area contributed by atoms with E-state index in [9.17, 15) is 9.59 Å². The van der Waals surface area contributed by atoms with Crippen LogP contribution in [0.2, 0.25) is 0 Å². The number of hydrogen-bond donors (Lipinski definition) is 0. The number of hydrogen-bond acceptors (Lipinski definition) is 5. The zero-order valence-electron chi connectivity index (χ0n) is 16.8. The summed E-state index contributed by atoms with van der Waals surface area (Å²) in [6.45, 7) is 5.38. The smallest absolute Gasteiger partial charge is 0.420 e. The molecule has 0 radical (unpaired) electrons. The summed E-state index contributed by atoms with van der Waals surface area (Å²) in [5.41, 5.74) is 0.639. The molecule has 7 nitrogen and oxygen atoms in total. The summed E-state index contributed by atoms with van der Waals surface area (Å²) < 4.78 is 12.0. The molecule has 0 atom stereocenters. The van der Waals surface area contributed by atoms with Crippen LogP contribution in [0.25, 0.3) is 5.69 Å². The van der Waals surface area contributed by atoms with Crippen LogP contribution in [-0.4, -0.2) is 34.6 Å². The van der Waals surface area contributed by atoms with Crippen LogP contribution in [0.15, 0.2) is 66.7 Å². The van der Waals surface area contributed by atoms with Crippen molar-refractivity contribution in [3.8, 4) is 5.69 Å². The maximum Gasteiger partial charge on any atom is 0.420 e. The van der Waals surface area contributed by atoms with E-state index in [1.165, 1.54) is 22.8 Å². The molecule has 0 saturated heterocycles. The highest BCUT2D eigenvalue weighted by Crippen LogP contribution is 2.30. The number of benzene rings is 2. The average molecular weight is 393 g/mol. The molecule has 0 spiro atoms. The van der Waals surface area contributed by atoms with Crippen molar-refractivity contribution in [2.45, 2.75) is 26.4 Å². The van der Waals surface area contributed by atoms with E-state index in [4.69, 9.17) is 9.47 Å². The van der Waals surface area contributed by atoms with Gasteiger partial charge in [0.1, 0.15) is 11.4 Å². The van der Waals surface area contributed by atoms with E-state index in [-0.39, 0.29) is 5.69 Å². The Hall–Kier alpha value is -3.61. The van der Waals surface area contributed by atoms with E-state index in [0.29, 0.717) is 17.2 Å². The van der Waals surface area contributed by atoms with E-state index in [2.05, 4.69) is 5.10 Å². The Morgan fingerprint density at radius 1 is 0.966 bits per heavy atom. The molecule has 1 amide bonds. The predicted molar refractivity (Wildman–Crippen MR) is 110 cm³/mol. The molecular formula is C22H23N3O4. The van der Waals surface area contributed by atoms with Gasteiger partial charge >= 0.3 is 12.1 Å². The second kappa shape index (κ2) is 8.18. The number of esters is 1. The average Bonchev–Trinajstić information content (AvgIpc) is 3.12. The van der Waals surface area contributed by atoms with Gasteiger partial charge in [0.2, 0.25) is 0 Å². The lowest BCUT2D eigenvalue weighted by Crippen LogP contribution is -2.34. The first-order valence-electron chi connectivity index (χ1n) is 9.12. The highest BCUT2D eigenvalue weighted by Gasteiger charge is 2.29. The van der Waals surface area contributed by atoms with Crippen LogP contribution in [0.5, 0.6) is 0 Å². The van der Waals surface area contributed by atoms with Crippen LogP contribution in [0.1, 0.15) is 31.3 Å². The Labute approximate surface area is 169 Å². The van der Waals surface area contributed by atoms with Crippen molar-refractivity contribution in [3.63, 3.8) is 0 Å². The lowest BCUT2D eigenvalue weighted by molar-refractivity contribution is 0.0584. The van der Waals surface area contributed by atoms with Crippen LogP contribution < -0.4 is 4.90 Å². The zero-order valence-corrected chi connectivity index (χ0v) is 16.8. The lowest BCUT2D eigenvalue weighted by Gasteiger charge is -2.27. The van der Waals surface area contributed by atoms with Crippen LogP contribution in [0.3, 0.4) is 0 Å². The normalized spacial score (nSPS) is 11.0. The van der Waals surface area contributed by atoms with Crippen molar-refractivity contribution < 1.29 is 19.1 Å². The third kappa shape index (κ3) is 4.63. The van der Waals surface area contributed by atoms with E-state index >= 15 is 0 Å². The van der Waals surface area contributed by atoms with Crippen LogP contribution in [-0.2, 0) is 9.47 Å². The fourth-order valence-corrected chi connectivity index (χ4v) is 2.71. The van der Waals surface area contributed by atoms with E-state index in [1.54, 1.807) is 32.9 Å². The first-order valence-corrected chi connectivity index (χ1v) is 9.12. The molecular weight excluding hydrogens is 370 g/mol. The molecule has 29 heavy (non-hydrogen) atoms. The van der Waals surface area contributed by atoms with Gasteiger partial charge in [0, 0.05) is 6.07 Å². The number of amides is 1. The summed E-state index contributed by atoms with van der Waals surface area (Å²) in [7, 11) is 1.28. The van der Waals surface area contributed by atoms with Gasteiger partial charge < -0.3 is 9.47 Å². The van der Waals surface area contributed by atoms with E-state index in [0.717, 1.165) is 0 Å². The van der Waals surface area contributed by atoms with Crippen molar-refractivity contribution >= 4 is 23.6 Å². The molecule has 7 heteroatoms. The van der Waals surface area contributed by atoms with Gasteiger partial charge in [0.05, 0.1) is 18.5 Å². The quantitative estimate of drug-likeness (QED) is 0.599. The molecule has 0 fully saturated rings. The molecule has 1 aromatic heterocycles. The summed E-state index contributed by atoms with van der Waals surface area (Å²) >= 11 is 0. The molecule has 1 heterocycles. The minimum absolute atomic E-state index is 0.0795. The monoisotopic (exact) mass is 393 g/mol. The summed E-state index contributed by atoms with van der Waals surface area (Å²) in [5.74, 6) is -0.241. The molecule has 0 N–H and O–H groups in total. The Morgan fingerprint density at radius 2 is 1.55 bits per heavy atom. The van der Waals surface area contributed by atoms with Crippen LogP contribution in [0.4, 0.5) is 16.3 Å². The maximum atomic E-state index is 13.1. The number of nitrogens with zero attached hydrogens (tertiary/aromatic N) is 3. The van der Waals surface area contributed by atoms with Gasteiger partial charge in [-0.15, -0.1) is 0 Å². The van der Waals surface area contributed by atoms with E-state index in [1.807, 2.05) is 48.5 Å². The molecule has 2 aromatic carbocycles. The van der Waals surface area contributed by atoms with Gasteiger partial charge in [-0.05, 0) is 45.0 Å². The number of methoxy groups -OCH3 is 1. The second-order valence-electron chi connectivity index (χ2n) is 7.28. The van der Waals surface area contributed by atoms with Gasteiger partial charge in [-0.3, -0.25) is 0 Å². The van der Waals surface area contributed by atoms with Crippen molar-refractivity contribution in [2.75, 3.05) is 12.0 Å².